The summed E-state index contributed by atoms with van der Waals surface area (Å²) in [6, 6.07) is 5.70. The lowest BCUT2D eigenvalue weighted by Crippen LogP contribution is -2.33. The summed E-state index contributed by atoms with van der Waals surface area (Å²) in [5, 5.41) is 0. The van der Waals surface area contributed by atoms with Gasteiger partial charge in [-0.15, -0.1) is 0 Å². The summed E-state index contributed by atoms with van der Waals surface area (Å²) in [5.41, 5.74) is 0.980. The fourth-order valence-electron chi connectivity index (χ4n) is 1.87. The minimum atomic E-state index is -0.0264. The van der Waals surface area contributed by atoms with E-state index in [0.717, 1.165) is 5.56 Å². The molecule has 1 fully saturated rings. The molecule has 1 aliphatic rings. The summed E-state index contributed by atoms with van der Waals surface area (Å²) < 4.78 is 26.8. The number of methoxy groups -OCH3 is 2. The van der Waals surface area contributed by atoms with Crippen molar-refractivity contribution >= 4 is 6.08 Å². The van der Waals surface area contributed by atoms with Crippen LogP contribution in [0, 0.1) is 0 Å². The summed E-state index contributed by atoms with van der Waals surface area (Å²) in [6.45, 7) is 2.28. The predicted octanol–water partition coefficient (Wildman–Crippen LogP) is 2.11. The first-order chi connectivity index (χ1) is 9.83. The highest BCUT2D eigenvalue weighted by Crippen LogP contribution is 2.28. The lowest BCUT2D eigenvalue weighted by Gasteiger charge is -2.23. The molecule has 0 bridgehead atoms. The Morgan fingerprint density at radius 2 is 2.15 bits per heavy atom. The minimum Gasteiger partial charge on any atom is -0.504 e. The molecule has 0 amide bonds. The van der Waals surface area contributed by atoms with E-state index in [4.69, 9.17) is 23.7 Å². The molecule has 5 heteroatoms. The Hall–Kier alpha value is -1.72. The Morgan fingerprint density at radius 3 is 2.85 bits per heavy atom. The number of benzene rings is 1. The van der Waals surface area contributed by atoms with Crippen molar-refractivity contribution in [3.05, 3.63) is 30.0 Å². The van der Waals surface area contributed by atoms with Crippen LogP contribution in [0.3, 0.4) is 0 Å². The van der Waals surface area contributed by atoms with Crippen molar-refractivity contribution in [1.29, 1.82) is 0 Å². The van der Waals surface area contributed by atoms with Gasteiger partial charge in [0.2, 0.25) is 0 Å². The molecule has 0 radical (unpaired) electrons. The van der Waals surface area contributed by atoms with Crippen LogP contribution in [0.5, 0.6) is 11.5 Å². The summed E-state index contributed by atoms with van der Waals surface area (Å²) in [7, 11) is 3.23. The van der Waals surface area contributed by atoms with E-state index >= 15 is 0 Å². The third-order valence-corrected chi connectivity index (χ3v) is 2.89. The highest BCUT2D eigenvalue weighted by atomic mass is 16.6. The molecule has 0 aromatic heterocycles. The van der Waals surface area contributed by atoms with Crippen molar-refractivity contribution in [2.45, 2.75) is 6.10 Å². The van der Waals surface area contributed by atoms with Gasteiger partial charge in [0.25, 0.3) is 0 Å². The second-order valence-electron chi connectivity index (χ2n) is 4.33. The lowest BCUT2D eigenvalue weighted by atomic mass is 10.2. The van der Waals surface area contributed by atoms with Crippen LogP contribution in [-0.4, -0.2) is 46.8 Å². The standard InChI is InChI=1S/C15H20O5/c1-16-6-5-12-3-4-14(15(9-12)17-2)20-11-13-10-18-7-8-19-13/h3-6,9,13H,7-8,10-11H2,1-2H3/t13-/m1/s1. The molecule has 1 saturated heterocycles. The van der Waals surface area contributed by atoms with Crippen LogP contribution >= 0.6 is 0 Å². The van der Waals surface area contributed by atoms with Crippen LogP contribution in [0.2, 0.25) is 0 Å². The van der Waals surface area contributed by atoms with Gasteiger partial charge in [0.15, 0.2) is 11.5 Å². The zero-order valence-electron chi connectivity index (χ0n) is 11.8. The SMILES string of the molecule is COC=Cc1ccc(OC[C@H]2COCCO2)c(OC)c1. The molecule has 0 aliphatic carbocycles. The fourth-order valence-corrected chi connectivity index (χ4v) is 1.87. The molecule has 1 aromatic rings. The van der Waals surface area contributed by atoms with Gasteiger partial charge in [-0.25, -0.2) is 0 Å². The van der Waals surface area contributed by atoms with E-state index in [1.165, 1.54) is 0 Å². The van der Waals surface area contributed by atoms with Gasteiger partial charge in [0.1, 0.15) is 12.7 Å². The van der Waals surface area contributed by atoms with E-state index < -0.39 is 0 Å². The normalized spacial score (nSPS) is 19.0. The maximum absolute atomic E-state index is 5.74. The van der Waals surface area contributed by atoms with Gasteiger partial charge in [-0.3, -0.25) is 0 Å². The molecule has 5 nitrogen and oxygen atoms in total. The molecule has 0 unspecified atom stereocenters. The first-order valence-corrected chi connectivity index (χ1v) is 6.53. The molecule has 2 rings (SSSR count). The first-order valence-electron chi connectivity index (χ1n) is 6.53. The van der Waals surface area contributed by atoms with Crippen LogP contribution in [0.15, 0.2) is 24.5 Å². The van der Waals surface area contributed by atoms with E-state index in [2.05, 4.69) is 0 Å². The highest BCUT2D eigenvalue weighted by Gasteiger charge is 2.16. The largest absolute Gasteiger partial charge is 0.504 e. The quantitative estimate of drug-likeness (QED) is 0.747. The summed E-state index contributed by atoms with van der Waals surface area (Å²) >= 11 is 0. The molecule has 1 atom stereocenters. The Balaban J connectivity index is 1.97. The van der Waals surface area contributed by atoms with Crippen molar-refractivity contribution in [3.8, 4) is 11.5 Å². The van der Waals surface area contributed by atoms with Crippen molar-refractivity contribution in [2.75, 3.05) is 40.6 Å². The molecule has 0 N–H and O–H groups in total. The summed E-state index contributed by atoms with van der Waals surface area (Å²) in [4.78, 5) is 0. The predicted molar refractivity (Wildman–Crippen MR) is 75.1 cm³/mol. The van der Waals surface area contributed by atoms with Gasteiger partial charge in [-0.2, -0.15) is 0 Å². The average Bonchev–Trinajstić information content (AvgIpc) is 2.52. The fraction of sp³-hybridized carbons (Fsp3) is 0.467. The smallest absolute Gasteiger partial charge is 0.161 e. The zero-order chi connectivity index (χ0) is 14.2. The molecule has 0 saturated carbocycles. The van der Waals surface area contributed by atoms with Crippen LogP contribution in [0.4, 0.5) is 0 Å². The topological polar surface area (TPSA) is 46.2 Å². The molecule has 0 spiro atoms. The van der Waals surface area contributed by atoms with Crippen LogP contribution in [0.1, 0.15) is 5.56 Å². The Kier molecular flexibility index (Phi) is 5.70. The molecule has 1 heterocycles. The van der Waals surface area contributed by atoms with E-state index in [9.17, 15) is 0 Å². The van der Waals surface area contributed by atoms with Crippen molar-refractivity contribution in [3.63, 3.8) is 0 Å². The molecule has 1 aromatic carbocycles. The minimum absolute atomic E-state index is 0.0264. The van der Waals surface area contributed by atoms with Crippen LogP contribution < -0.4 is 9.47 Å². The van der Waals surface area contributed by atoms with Crippen molar-refractivity contribution in [2.24, 2.45) is 0 Å². The second kappa shape index (κ2) is 7.77. The summed E-state index contributed by atoms with van der Waals surface area (Å²) in [5.74, 6) is 1.37. The zero-order valence-corrected chi connectivity index (χ0v) is 11.8. The maximum atomic E-state index is 5.74. The number of rotatable bonds is 6. The monoisotopic (exact) mass is 280 g/mol. The lowest BCUT2D eigenvalue weighted by molar-refractivity contribution is -0.101. The highest BCUT2D eigenvalue weighted by molar-refractivity contribution is 5.55. The Morgan fingerprint density at radius 1 is 1.25 bits per heavy atom. The third-order valence-electron chi connectivity index (χ3n) is 2.89. The van der Waals surface area contributed by atoms with Gasteiger partial charge in [0, 0.05) is 0 Å². The van der Waals surface area contributed by atoms with Gasteiger partial charge in [0.05, 0.1) is 40.3 Å². The van der Waals surface area contributed by atoms with Gasteiger partial charge in [-0.1, -0.05) is 6.07 Å². The Labute approximate surface area is 119 Å². The summed E-state index contributed by atoms with van der Waals surface area (Å²) in [6.07, 6.45) is 3.44. The first kappa shape index (κ1) is 14.7. The average molecular weight is 280 g/mol. The number of hydrogen-bond donors (Lipinski definition) is 0. The second-order valence-corrected chi connectivity index (χ2v) is 4.33. The van der Waals surface area contributed by atoms with E-state index in [0.29, 0.717) is 37.9 Å². The van der Waals surface area contributed by atoms with E-state index in [1.807, 2.05) is 24.3 Å². The van der Waals surface area contributed by atoms with Gasteiger partial charge in [-0.05, 0) is 23.8 Å². The van der Waals surface area contributed by atoms with Crippen LogP contribution in [0.25, 0.3) is 6.08 Å². The van der Waals surface area contributed by atoms with E-state index in [-0.39, 0.29) is 6.10 Å². The molecule has 1 aliphatic heterocycles. The van der Waals surface area contributed by atoms with E-state index in [1.54, 1.807) is 20.5 Å². The third kappa shape index (κ3) is 4.15. The molecule has 20 heavy (non-hydrogen) atoms. The van der Waals surface area contributed by atoms with Crippen molar-refractivity contribution in [1.82, 2.24) is 0 Å². The van der Waals surface area contributed by atoms with Gasteiger partial charge < -0.3 is 23.7 Å². The Bertz CT molecular complexity index is 438. The molecular formula is C15H20O5. The van der Waals surface area contributed by atoms with Crippen LogP contribution in [-0.2, 0) is 14.2 Å². The van der Waals surface area contributed by atoms with Gasteiger partial charge >= 0.3 is 0 Å². The maximum Gasteiger partial charge on any atom is 0.161 e. The molecule has 110 valence electrons. The molecular weight excluding hydrogens is 260 g/mol. The van der Waals surface area contributed by atoms with Crippen molar-refractivity contribution < 1.29 is 23.7 Å². The number of ether oxygens (including phenoxy) is 5. The number of hydrogen-bond acceptors (Lipinski definition) is 5.